The molecule has 0 fully saturated rings. The van der Waals surface area contributed by atoms with E-state index in [1.54, 1.807) is 20.8 Å². The van der Waals surface area contributed by atoms with Crippen LogP contribution in [0, 0.1) is 0 Å². The second-order valence-corrected chi connectivity index (χ2v) is 6.33. The third-order valence-corrected chi connectivity index (χ3v) is 3.49. The fourth-order valence-corrected chi connectivity index (χ4v) is 2.33. The standard InChI is InChI=1S/C17H25F3N2O2.ClH/c1-5-8-16(4,21)15(23)22-10-12-6-7-13(24-11(2)3)9-14(12)17(18,19)20;/h6-7,9,11H,5,8,10,21H2,1-4H3,(H,22,23);1H. The van der Waals surface area contributed by atoms with Gasteiger partial charge in [-0.05, 0) is 44.9 Å². The van der Waals surface area contributed by atoms with E-state index >= 15 is 0 Å². The fraction of sp³-hybridized carbons (Fsp3) is 0.588. The van der Waals surface area contributed by atoms with Gasteiger partial charge in [0.05, 0.1) is 17.2 Å². The number of carbonyl (C=O) groups excluding carboxylic acids is 1. The molecule has 1 aromatic carbocycles. The SMILES string of the molecule is CCCC(C)(N)C(=O)NCc1ccc(OC(C)C)cc1C(F)(F)F.Cl. The molecule has 0 aliphatic carbocycles. The average Bonchev–Trinajstić information content (AvgIpc) is 2.43. The molecule has 0 saturated heterocycles. The van der Waals surface area contributed by atoms with E-state index in [2.05, 4.69) is 5.32 Å². The first kappa shape index (κ1) is 23.5. The van der Waals surface area contributed by atoms with Crippen LogP contribution in [0.4, 0.5) is 13.2 Å². The van der Waals surface area contributed by atoms with Gasteiger partial charge in [-0.3, -0.25) is 4.79 Å². The van der Waals surface area contributed by atoms with E-state index in [0.717, 1.165) is 6.07 Å². The highest BCUT2D eigenvalue weighted by molar-refractivity contribution is 5.85. The lowest BCUT2D eigenvalue weighted by Gasteiger charge is -2.23. The lowest BCUT2D eigenvalue weighted by molar-refractivity contribution is -0.138. The Hall–Kier alpha value is -1.47. The normalized spacial score (nSPS) is 13.8. The zero-order valence-corrected chi connectivity index (χ0v) is 15.7. The molecule has 0 radical (unpaired) electrons. The predicted octanol–water partition coefficient (Wildman–Crippen LogP) is 4.05. The van der Waals surface area contributed by atoms with Gasteiger partial charge in [0.2, 0.25) is 5.91 Å². The first-order valence-corrected chi connectivity index (χ1v) is 7.91. The number of rotatable bonds is 7. The van der Waals surface area contributed by atoms with E-state index in [0.29, 0.717) is 12.8 Å². The molecular formula is C17H26ClF3N2O2. The van der Waals surface area contributed by atoms with Crippen molar-refractivity contribution in [3.63, 3.8) is 0 Å². The number of amides is 1. The summed E-state index contributed by atoms with van der Waals surface area (Å²) in [5.74, 6) is -0.331. The number of nitrogens with two attached hydrogens (primary N) is 1. The molecule has 144 valence electrons. The molecule has 0 aromatic heterocycles. The Balaban J connectivity index is 0.00000576. The lowest BCUT2D eigenvalue weighted by Crippen LogP contribution is -2.51. The summed E-state index contributed by atoms with van der Waals surface area (Å²) in [6.07, 6.45) is -3.61. The second-order valence-electron chi connectivity index (χ2n) is 6.33. The summed E-state index contributed by atoms with van der Waals surface area (Å²) in [6.45, 7) is 6.67. The van der Waals surface area contributed by atoms with Gasteiger partial charge < -0.3 is 15.8 Å². The summed E-state index contributed by atoms with van der Waals surface area (Å²) >= 11 is 0. The maximum Gasteiger partial charge on any atom is 0.416 e. The molecule has 1 rings (SSSR count). The number of hydrogen-bond donors (Lipinski definition) is 2. The Morgan fingerprint density at radius 1 is 1.32 bits per heavy atom. The highest BCUT2D eigenvalue weighted by Crippen LogP contribution is 2.34. The Labute approximate surface area is 152 Å². The van der Waals surface area contributed by atoms with Crippen molar-refractivity contribution < 1.29 is 22.7 Å². The Morgan fingerprint density at radius 2 is 1.92 bits per heavy atom. The van der Waals surface area contributed by atoms with E-state index in [9.17, 15) is 18.0 Å². The zero-order valence-electron chi connectivity index (χ0n) is 14.9. The monoisotopic (exact) mass is 382 g/mol. The molecular weight excluding hydrogens is 357 g/mol. The molecule has 1 amide bonds. The van der Waals surface area contributed by atoms with Crippen molar-refractivity contribution >= 4 is 18.3 Å². The molecule has 0 saturated carbocycles. The third kappa shape index (κ3) is 7.12. The summed E-state index contributed by atoms with van der Waals surface area (Å²) in [6, 6.07) is 3.73. The summed E-state index contributed by atoms with van der Waals surface area (Å²) < 4.78 is 45.1. The van der Waals surface area contributed by atoms with Crippen LogP contribution < -0.4 is 15.8 Å². The number of benzene rings is 1. The van der Waals surface area contributed by atoms with Gasteiger partial charge >= 0.3 is 6.18 Å². The van der Waals surface area contributed by atoms with Crippen molar-refractivity contribution in [2.45, 2.75) is 64.9 Å². The summed E-state index contributed by atoms with van der Waals surface area (Å²) in [4.78, 5) is 12.1. The molecule has 0 aliphatic heterocycles. The van der Waals surface area contributed by atoms with Gasteiger partial charge in [0.15, 0.2) is 0 Å². The average molecular weight is 383 g/mol. The quantitative estimate of drug-likeness (QED) is 0.747. The van der Waals surface area contributed by atoms with Crippen LogP contribution in [0.5, 0.6) is 5.75 Å². The summed E-state index contributed by atoms with van der Waals surface area (Å²) in [5.41, 5.74) is 3.93. The zero-order chi connectivity index (χ0) is 18.5. The van der Waals surface area contributed by atoms with E-state index in [1.165, 1.54) is 12.1 Å². The highest BCUT2D eigenvalue weighted by atomic mass is 35.5. The van der Waals surface area contributed by atoms with Crippen LogP contribution in [0.1, 0.15) is 51.7 Å². The number of halogens is 4. The Morgan fingerprint density at radius 3 is 2.40 bits per heavy atom. The van der Waals surface area contributed by atoms with Gasteiger partial charge in [0, 0.05) is 6.54 Å². The van der Waals surface area contributed by atoms with Crippen LogP contribution in [-0.4, -0.2) is 17.6 Å². The van der Waals surface area contributed by atoms with Gasteiger partial charge in [0.25, 0.3) is 0 Å². The van der Waals surface area contributed by atoms with Crippen molar-refractivity contribution in [3.05, 3.63) is 29.3 Å². The third-order valence-electron chi connectivity index (χ3n) is 3.49. The molecule has 1 aromatic rings. The van der Waals surface area contributed by atoms with E-state index in [1.807, 2.05) is 6.92 Å². The molecule has 0 bridgehead atoms. The number of ether oxygens (including phenoxy) is 1. The van der Waals surface area contributed by atoms with Crippen molar-refractivity contribution in [3.8, 4) is 5.75 Å². The van der Waals surface area contributed by atoms with Gasteiger partial charge in [-0.2, -0.15) is 13.2 Å². The largest absolute Gasteiger partial charge is 0.491 e. The molecule has 3 N–H and O–H groups in total. The number of hydrogen-bond acceptors (Lipinski definition) is 3. The van der Waals surface area contributed by atoms with Crippen LogP contribution in [0.25, 0.3) is 0 Å². The van der Waals surface area contributed by atoms with Gasteiger partial charge in [-0.1, -0.05) is 19.4 Å². The smallest absolute Gasteiger partial charge is 0.416 e. The van der Waals surface area contributed by atoms with E-state index < -0.39 is 23.2 Å². The second kappa shape index (κ2) is 9.29. The van der Waals surface area contributed by atoms with Crippen LogP contribution in [0.15, 0.2) is 18.2 Å². The van der Waals surface area contributed by atoms with Crippen molar-refractivity contribution in [1.82, 2.24) is 5.32 Å². The molecule has 0 aliphatic rings. The highest BCUT2D eigenvalue weighted by Gasteiger charge is 2.34. The molecule has 1 atom stereocenters. The van der Waals surface area contributed by atoms with Gasteiger partial charge in [-0.15, -0.1) is 12.4 Å². The maximum absolute atomic E-state index is 13.3. The summed E-state index contributed by atoms with van der Waals surface area (Å²) in [7, 11) is 0. The Kier molecular flexibility index (Phi) is 8.74. The van der Waals surface area contributed by atoms with Crippen molar-refractivity contribution in [1.29, 1.82) is 0 Å². The molecule has 8 heteroatoms. The van der Waals surface area contributed by atoms with Crippen LogP contribution in [0.3, 0.4) is 0 Å². The lowest BCUT2D eigenvalue weighted by atomic mass is 9.96. The summed E-state index contributed by atoms with van der Waals surface area (Å²) in [5, 5.41) is 2.49. The maximum atomic E-state index is 13.3. The van der Waals surface area contributed by atoms with Crippen LogP contribution in [-0.2, 0) is 17.5 Å². The minimum Gasteiger partial charge on any atom is -0.491 e. The molecule has 25 heavy (non-hydrogen) atoms. The minimum absolute atomic E-state index is 0. The van der Waals surface area contributed by atoms with Gasteiger partial charge in [0.1, 0.15) is 5.75 Å². The first-order valence-electron chi connectivity index (χ1n) is 7.91. The minimum atomic E-state index is -4.54. The van der Waals surface area contributed by atoms with Crippen molar-refractivity contribution in [2.24, 2.45) is 5.73 Å². The Bertz CT molecular complexity index is 576. The number of carbonyl (C=O) groups is 1. The molecule has 0 heterocycles. The topological polar surface area (TPSA) is 64.4 Å². The van der Waals surface area contributed by atoms with Crippen LogP contribution >= 0.6 is 12.4 Å². The predicted molar refractivity (Wildman–Crippen MR) is 93.8 cm³/mol. The fourth-order valence-electron chi connectivity index (χ4n) is 2.33. The molecule has 0 spiro atoms. The van der Waals surface area contributed by atoms with Crippen molar-refractivity contribution in [2.75, 3.05) is 0 Å². The first-order chi connectivity index (χ1) is 11.0. The number of alkyl halides is 3. The van der Waals surface area contributed by atoms with Crippen LogP contribution in [0.2, 0.25) is 0 Å². The van der Waals surface area contributed by atoms with E-state index in [4.69, 9.17) is 10.5 Å². The molecule has 1 unspecified atom stereocenters. The van der Waals surface area contributed by atoms with E-state index in [-0.39, 0.29) is 36.4 Å². The molecule has 4 nitrogen and oxygen atoms in total. The number of nitrogens with one attached hydrogen (secondary N) is 1. The van der Waals surface area contributed by atoms with Gasteiger partial charge in [-0.25, -0.2) is 0 Å².